The highest BCUT2D eigenvalue weighted by molar-refractivity contribution is 9.10. The van der Waals surface area contributed by atoms with Crippen molar-refractivity contribution in [3.63, 3.8) is 0 Å². The first kappa shape index (κ1) is 23.4. The van der Waals surface area contributed by atoms with Crippen LogP contribution in [-0.4, -0.2) is 28.1 Å². The summed E-state index contributed by atoms with van der Waals surface area (Å²) in [7, 11) is 1.55. The molecule has 9 heteroatoms. The van der Waals surface area contributed by atoms with Crippen LogP contribution in [0.3, 0.4) is 0 Å². The quantitative estimate of drug-likeness (QED) is 0.324. The zero-order valence-electron chi connectivity index (χ0n) is 17.5. The molecule has 1 aliphatic rings. The molecular weight excluding hydrogens is 528 g/mol. The van der Waals surface area contributed by atoms with Crippen molar-refractivity contribution >= 4 is 56.5 Å². The molecule has 0 spiro atoms. The average molecular weight is 546 g/mol. The molecule has 3 aromatic rings. The summed E-state index contributed by atoms with van der Waals surface area (Å²) in [6.45, 7) is 0.536. The summed E-state index contributed by atoms with van der Waals surface area (Å²) in [4.78, 5) is 30.9. The Morgan fingerprint density at radius 1 is 1.09 bits per heavy atom. The fourth-order valence-corrected chi connectivity index (χ4v) is 4.70. The molecule has 4 rings (SSSR count). The molecular formula is C24H18BrClN2O4S. The van der Waals surface area contributed by atoms with Gasteiger partial charge in [0, 0.05) is 17.4 Å². The van der Waals surface area contributed by atoms with Crippen molar-refractivity contribution < 1.29 is 19.1 Å². The van der Waals surface area contributed by atoms with Crippen LogP contribution < -0.4 is 9.47 Å². The summed E-state index contributed by atoms with van der Waals surface area (Å²) in [5.74, 6) is 0.709. The van der Waals surface area contributed by atoms with Gasteiger partial charge in [-0.15, -0.1) is 0 Å². The van der Waals surface area contributed by atoms with Crippen LogP contribution in [0.15, 0.2) is 70.3 Å². The summed E-state index contributed by atoms with van der Waals surface area (Å²) in [6, 6.07) is 14.4. The van der Waals surface area contributed by atoms with Crippen LogP contribution in [0.2, 0.25) is 5.02 Å². The molecule has 168 valence electrons. The number of ether oxygens (including phenoxy) is 2. The van der Waals surface area contributed by atoms with Crippen molar-refractivity contribution in [1.29, 1.82) is 0 Å². The van der Waals surface area contributed by atoms with E-state index in [4.69, 9.17) is 21.1 Å². The summed E-state index contributed by atoms with van der Waals surface area (Å²) >= 11 is 10.3. The van der Waals surface area contributed by atoms with Gasteiger partial charge in [-0.2, -0.15) is 0 Å². The Morgan fingerprint density at radius 2 is 1.82 bits per heavy atom. The van der Waals surface area contributed by atoms with E-state index in [0.717, 1.165) is 22.9 Å². The topological polar surface area (TPSA) is 68.7 Å². The van der Waals surface area contributed by atoms with E-state index in [1.165, 1.54) is 4.90 Å². The van der Waals surface area contributed by atoms with Crippen LogP contribution in [0.5, 0.6) is 11.5 Å². The van der Waals surface area contributed by atoms with Gasteiger partial charge < -0.3 is 9.47 Å². The summed E-state index contributed by atoms with van der Waals surface area (Å²) in [5.41, 5.74) is 2.49. The monoisotopic (exact) mass is 544 g/mol. The maximum atomic E-state index is 12.9. The zero-order valence-corrected chi connectivity index (χ0v) is 20.6. The Balaban J connectivity index is 1.53. The molecule has 1 fully saturated rings. The van der Waals surface area contributed by atoms with E-state index >= 15 is 0 Å². The number of thioether (sulfide) groups is 1. The fraction of sp³-hybridized carbons (Fsp3) is 0.125. The van der Waals surface area contributed by atoms with Gasteiger partial charge in [0.05, 0.1) is 23.0 Å². The summed E-state index contributed by atoms with van der Waals surface area (Å²) in [5, 5.41) is 0.282. The first-order valence-electron chi connectivity index (χ1n) is 9.83. The lowest BCUT2D eigenvalue weighted by Gasteiger charge is -2.14. The van der Waals surface area contributed by atoms with E-state index in [0.29, 0.717) is 38.1 Å². The minimum Gasteiger partial charge on any atom is -0.493 e. The highest BCUT2D eigenvalue weighted by Gasteiger charge is 2.35. The third kappa shape index (κ3) is 5.58. The number of aromatic nitrogens is 1. The normalized spacial score (nSPS) is 14.8. The van der Waals surface area contributed by atoms with Crippen LogP contribution in [0.25, 0.3) is 6.08 Å². The second-order valence-corrected chi connectivity index (χ2v) is 9.36. The highest BCUT2D eigenvalue weighted by Crippen LogP contribution is 2.39. The van der Waals surface area contributed by atoms with E-state index in [2.05, 4.69) is 20.9 Å². The molecule has 1 aromatic heterocycles. The lowest BCUT2D eigenvalue weighted by Crippen LogP contribution is -2.27. The molecule has 0 unspecified atom stereocenters. The maximum absolute atomic E-state index is 12.9. The first-order valence-corrected chi connectivity index (χ1v) is 11.8. The summed E-state index contributed by atoms with van der Waals surface area (Å²) in [6.07, 6.45) is 5.08. The Hall–Kier alpha value is -2.81. The third-order valence-corrected chi connectivity index (χ3v) is 6.56. The standard InChI is InChI=1S/C24H18BrClN2O4S/c1-31-20-11-17(10-19(25)22(20)32-14-16-6-8-27-9-7-16)12-21-23(29)28(24(30)33-21)13-15-2-4-18(26)5-3-15/h2-12H,13-14H2,1H3/b21-12-. The van der Waals surface area contributed by atoms with Gasteiger partial charge in [0.15, 0.2) is 11.5 Å². The van der Waals surface area contributed by atoms with Crippen LogP contribution in [0, 0.1) is 0 Å². The molecule has 2 aromatic carbocycles. The van der Waals surface area contributed by atoms with Gasteiger partial charge in [0.1, 0.15) is 6.61 Å². The highest BCUT2D eigenvalue weighted by atomic mass is 79.9. The molecule has 0 radical (unpaired) electrons. The van der Waals surface area contributed by atoms with Gasteiger partial charge in [-0.25, -0.2) is 0 Å². The van der Waals surface area contributed by atoms with Gasteiger partial charge in [0.2, 0.25) is 0 Å². The van der Waals surface area contributed by atoms with Gasteiger partial charge in [-0.1, -0.05) is 23.7 Å². The number of benzene rings is 2. The molecule has 0 atom stereocenters. The van der Waals surface area contributed by atoms with Crippen molar-refractivity contribution in [1.82, 2.24) is 9.88 Å². The summed E-state index contributed by atoms with van der Waals surface area (Å²) < 4.78 is 12.1. The van der Waals surface area contributed by atoms with Crippen molar-refractivity contribution in [2.75, 3.05) is 7.11 Å². The predicted molar refractivity (Wildman–Crippen MR) is 132 cm³/mol. The number of halogens is 2. The van der Waals surface area contributed by atoms with Crippen molar-refractivity contribution in [3.05, 3.63) is 92.0 Å². The number of rotatable bonds is 7. The molecule has 0 saturated carbocycles. The van der Waals surface area contributed by atoms with E-state index < -0.39 is 0 Å². The third-order valence-electron chi connectivity index (χ3n) is 4.81. The lowest BCUT2D eigenvalue weighted by molar-refractivity contribution is -0.123. The average Bonchev–Trinajstić information content (AvgIpc) is 3.07. The minimum atomic E-state index is -0.340. The second-order valence-electron chi connectivity index (χ2n) is 7.07. The molecule has 2 amide bonds. The number of imide groups is 1. The SMILES string of the molecule is COc1cc(/C=C2\SC(=O)N(Cc3ccc(Cl)cc3)C2=O)cc(Br)c1OCc1ccncc1. The number of amides is 2. The first-order chi connectivity index (χ1) is 15.9. The van der Waals surface area contributed by atoms with E-state index in [-0.39, 0.29) is 17.7 Å². The van der Waals surface area contributed by atoms with Crippen LogP contribution in [0.1, 0.15) is 16.7 Å². The van der Waals surface area contributed by atoms with Gasteiger partial charge in [-0.05, 0) is 86.9 Å². The Bertz CT molecular complexity index is 1220. The number of hydrogen-bond acceptors (Lipinski definition) is 6. The number of methoxy groups -OCH3 is 1. The largest absolute Gasteiger partial charge is 0.493 e. The molecule has 0 bridgehead atoms. The molecule has 6 nitrogen and oxygen atoms in total. The molecule has 1 saturated heterocycles. The number of nitrogens with zero attached hydrogens (tertiary/aromatic N) is 2. The smallest absolute Gasteiger partial charge is 0.293 e. The number of carbonyl (C=O) groups is 2. The van der Waals surface area contributed by atoms with Crippen LogP contribution in [-0.2, 0) is 17.9 Å². The predicted octanol–water partition coefficient (Wildman–Crippen LogP) is 6.32. The molecule has 33 heavy (non-hydrogen) atoms. The van der Waals surface area contributed by atoms with E-state index in [1.54, 1.807) is 55.9 Å². The Kier molecular flexibility index (Phi) is 7.37. The minimum absolute atomic E-state index is 0.188. The maximum Gasteiger partial charge on any atom is 0.293 e. The van der Waals surface area contributed by atoms with Crippen LogP contribution >= 0.6 is 39.3 Å². The molecule has 1 aliphatic heterocycles. The van der Waals surface area contributed by atoms with Crippen LogP contribution in [0.4, 0.5) is 4.79 Å². The van der Waals surface area contributed by atoms with E-state index in [9.17, 15) is 9.59 Å². The molecule has 0 N–H and O–H groups in total. The van der Waals surface area contributed by atoms with Gasteiger partial charge in [-0.3, -0.25) is 19.5 Å². The van der Waals surface area contributed by atoms with Gasteiger partial charge >= 0.3 is 0 Å². The van der Waals surface area contributed by atoms with Crippen molar-refractivity contribution in [3.8, 4) is 11.5 Å². The number of hydrogen-bond donors (Lipinski definition) is 0. The fourth-order valence-electron chi connectivity index (χ4n) is 3.16. The number of pyridine rings is 1. The van der Waals surface area contributed by atoms with Crippen molar-refractivity contribution in [2.45, 2.75) is 13.2 Å². The van der Waals surface area contributed by atoms with Crippen molar-refractivity contribution in [2.24, 2.45) is 0 Å². The zero-order chi connectivity index (χ0) is 23.4. The van der Waals surface area contributed by atoms with E-state index in [1.807, 2.05) is 18.2 Å². The number of carbonyl (C=O) groups excluding carboxylic acids is 2. The lowest BCUT2D eigenvalue weighted by atomic mass is 10.1. The Labute approximate surface area is 208 Å². The molecule has 2 heterocycles. The molecule has 0 aliphatic carbocycles. The second kappa shape index (κ2) is 10.4. The van der Waals surface area contributed by atoms with Gasteiger partial charge in [0.25, 0.3) is 11.1 Å². The Morgan fingerprint density at radius 3 is 2.52 bits per heavy atom.